The molecule has 1 aliphatic heterocycles. The van der Waals surface area contributed by atoms with Gasteiger partial charge < -0.3 is 10.0 Å². The highest BCUT2D eigenvalue weighted by atomic mass is 16.4. The van der Waals surface area contributed by atoms with E-state index in [1.165, 1.54) is 4.68 Å². The number of benzene rings is 1. The summed E-state index contributed by atoms with van der Waals surface area (Å²) in [6.07, 6.45) is 1.16. The predicted molar refractivity (Wildman–Crippen MR) is 102 cm³/mol. The van der Waals surface area contributed by atoms with E-state index in [1.54, 1.807) is 36.1 Å². The highest BCUT2D eigenvalue weighted by molar-refractivity contribution is 6.05. The molecule has 1 unspecified atom stereocenters. The third-order valence-electron chi connectivity index (χ3n) is 5.11. The standard InChI is InChI=1S/C20H25N3O4/c1-13(2)11-23-17(24)15-8-5-4-7-14(15)16(21-23)18(25)22-10-6-9-20(3,12-22)19(26)27/h4-5,7-8,13H,6,9-12H2,1-3H3,(H,26,27). The molecular weight excluding hydrogens is 346 g/mol. The number of carboxylic acids is 1. The van der Waals surface area contributed by atoms with E-state index in [9.17, 15) is 19.5 Å². The average Bonchev–Trinajstić information content (AvgIpc) is 2.63. The molecule has 0 saturated carbocycles. The Hall–Kier alpha value is -2.70. The number of carbonyl (C=O) groups excluding carboxylic acids is 1. The van der Waals surface area contributed by atoms with Gasteiger partial charge in [-0.1, -0.05) is 32.0 Å². The van der Waals surface area contributed by atoms with Gasteiger partial charge in [-0.05, 0) is 31.7 Å². The molecule has 0 radical (unpaired) electrons. The van der Waals surface area contributed by atoms with Crippen LogP contribution in [0.1, 0.15) is 44.1 Å². The Kier molecular flexibility index (Phi) is 5.04. The Balaban J connectivity index is 2.07. The van der Waals surface area contributed by atoms with Crippen LogP contribution in [0.3, 0.4) is 0 Å². The Morgan fingerprint density at radius 1 is 1.26 bits per heavy atom. The second kappa shape index (κ2) is 7.13. The van der Waals surface area contributed by atoms with Crippen molar-refractivity contribution in [3.8, 4) is 0 Å². The zero-order valence-electron chi connectivity index (χ0n) is 15.9. The first-order valence-electron chi connectivity index (χ1n) is 9.25. The lowest BCUT2D eigenvalue weighted by atomic mass is 9.82. The van der Waals surface area contributed by atoms with Gasteiger partial charge in [0.05, 0.1) is 10.8 Å². The lowest BCUT2D eigenvalue weighted by Crippen LogP contribution is -2.48. The third-order valence-corrected chi connectivity index (χ3v) is 5.11. The normalized spacial score (nSPS) is 20.2. The Morgan fingerprint density at radius 2 is 1.93 bits per heavy atom. The first-order valence-corrected chi connectivity index (χ1v) is 9.25. The first-order chi connectivity index (χ1) is 12.7. The van der Waals surface area contributed by atoms with Crippen molar-refractivity contribution in [3.05, 3.63) is 40.3 Å². The van der Waals surface area contributed by atoms with Gasteiger partial charge in [0.1, 0.15) is 0 Å². The summed E-state index contributed by atoms with van der Waals surface area (Å²) in [6, 6.07) is 6.95. The minimum absolute atomic E-state index is 0.139. The first kappa shape index (κ1) is 19.1. The Bertz CT molecular complexity index is 950. The number of hydrogen-bond donors (Lipinski definition) is 1. The number of carboxylic acid groups (broad SMARTS) is 1. The molecule has 1 aliphatic rings. The molecule has 1 fully saturated rings. The van der Waals surface area contributed by atoms with Crippen molar-refractivity contribution in [2.75, 3.05) is 13.1 Å². The van der Waals surface area contributed by atoms with Crippen LogP contribution in [0, 0.1) is 11.3 Å². The average molecular weight is 371 g/mol. The van der Waals surface area contributed by atoms with Gasteiger partial charge in [0.15, 0.2) is 5.69 Å². The van der Waals surface area contributed by atoms with Crippen molar-refractivity contribution in [2.24, 2.45) is 11.3 Å². The second-order valence-electron chi connectivity index (χ2n) is 7.97. The molecule has 1 N–H and O–H groups in total. The molecule has 0 aliphatic carbocycles. The lowest BCUT2D eigenvalue weighted by Gasteiger charge is -2.37. The van der Waals surface area contributed by atoms with E-state index < -0.39 is 11.4 Å². The van der Waals surface area contributed by atoms with Crippen LogP contribution < -0.4 is 5.56 Å². The van der Waals surface area contributed by atoms with Crippen molar-refractivity contribution >= 4 is 22.6 Å². The fourth-order valence-electron chi connectivity index (χ4n) is 3.60. The minimum atomic E-state index is -0.962. The maximum atomic E-state index is 13.2. The maximum absolute atomic E-state index is 13.2. The summed E-state index contributed by atoms with van der Waals surface area (Å²) in [6.45, 7) is 6.67. The maximum Gasteiger partial charge on any atom is 0.311 e. The molecular formula is C20H25N3O4. The minimum Gasteiger partial charge on any atom is -0.481 e. The molecule has 1 amide bonds. The monoisotopic (exact) mass is 371 g/mol. The number of rotatable bonds is 4. The molecule has 144 valence electrons. The summed E-state index contributed by atoms with van der Waals surface area (Å²) >= 11 is 0. The molecule has 7 nitrogen and oxygen atoms in total. The molecule has 1 saturated heterocycles. The van der Waals surface area contributed by atoms with Crippen LogP contribution in [0.25, 0.3) is 10.8 Å². The number of amides is 1. The summed E-state index contributed by atoms with van der Waals surface area (Å²) in [4.78, 5) is 39.1. The van der Waals surface area contributed by atoms with Crippen molar-refractivity contribution < 1.29 is 14.7 Å². The van der Waals surface area contributed by atoms with Gasteiger partial charge in [0.2, 0.25) is 0 Å². The number of hydrogen-bond acceptors (Lipinski definition) is 4. The molecule has 3 rings (SSSR count). The lowest BCUT2D eigenvalue weighted by molar-refractivity contribution is -0.150. The van der Waals surface area contributed by atoms with Crippen LogP contribution in [0.15, 0.2) is 29.1 Å². The van der Waals surface area contributed by atoms with Crippen LogP contribution in [-0.4, -0.2) is 44.8 Å². The fourth-order valence-corrected chi connectivity index (χ4v) is 3.60. The Labute approximate surface area is 157 Å². The predicted octanol–water partition coefficient (Wildman–Crippen LogP) is 2.38. The van der Waals surface area contributed by atoms with Gasteiger partial charge in [-0.15, -0.1) is 0 Å². The fraction of sp³-hybridized carbons (Fsp3) is 0.500. The number of nitrogens with zero attached hydrogens (tertiary/aromatic N) is 3. The van der Waals surface area contributed by atoms with Crippen LogP contribution in [-0.2, 0) is 11.3 Å². The van der Waals surface area contributed by atoms with E-state index in [-0.39, 0.29) is 29.6 Å². The molecule has 2 heterocycles. The molecule has 27 heavy (non-hydrogen) atoms. The number of piperidine rings is 1. The Morgan fingerprint density at radius 3 is 2.56 bits per heavy atom. The zero-order valence-corrected chi connectivity index (χ0v) is 15.9. The van der Waals surface area contributed by atoms with Crippen LogP contribution in [0.5, 0.6) is 0 Å². The van der Waals surface area contributed by atoms with E-state index in [0.717, 1.165) is 0 Å². The molecule has 2 aromatic rings. The van der Waals surface area contributed by atoms with Crippen LogP contribution in [0.2, 0.25) is 0 Å². The molecule has 1 aromatic heterocycles. The van der Waals surface area contributed by atoms with Crippen LogP contribution in [0.4, 0.5) is 0 Å². The van der Waals surface area contributed by atoms with E-state index in [1.807, 2.05) is 13.8 Å². The number of aromatic nitrogens is 2. The van der Waals surface area contributed by atoms with Gasteiger partial charge in [-0.3, -0.25) is 14.4 Å². The summed E-state index contributed by atoms with van der Waals surface area (Å²) in [5.74, 6) is -1.02. The summed E-state index contributed by atoms with van der Waals surface area (Å²) in [5, 5.41) is 14.9. The highest BCUT2D eigenvalue weighted by Gasteiger charge is 2.40. The summed E-state index contributed by atoms with van der Waals surface area (Å²) in [7, 11) is 0. The molecule has 1 atom stereocenters. The second-order valence-corrected chi connectivity index (χ2v) is 7.97. The van der Waals surface area contributed by atoms with E-state index in [2.05, 4.69) is 5.10 Å². The molecule has 7 heteroatoms. The zero-order chi connectivity index (χ0) is 19.8. The number of carbonyl (C=O) groups is 2. The van der Waals surface area contributed by atoms with E-state index in [4.69, 9.17) is 0 Å². The van der Waals surface area contributed by atoms with Gasteiger partial charge in [0, 0.05) is 25.0 Å². The van der Waals surface area contributed by atoms with Gasteiger partial charge in [-0.25, -0.2) is 4.68 Å². The third kappa shape index (κ3) is 3.59. The van der Waals surface area contributed by atoms with Gasteiger partial charge >= 0.3 is 5.97 Å². The van der Waals surface area contributed by atoms with Gasteiger partial charge in [0.25, 0.3) is 11.5 Å². The highest BCUT2D eigenvalue weighted by Crippen LogP contribution is 2.30. The SMILES string of the molecule is CC(C)Cn1nc(C(=O)N2CCCC(C)(C(=O)O)C2)c2ccccc2c1=O. The van der Waals surface area contributed by atoms with Crippen molar-refractivity contribution in [1.29, 1.82) is 0 Å². The quantitative estimate of drug-likeness (QED) is 0.891. The topological polar surface area (TPSA) is 92.5 Å². The van der Waals surface area contributed by atoms with Crippen molar-refractivity contribution in [2.45, 2.75) is 40.2 Å². The van der Waals surface area contributed by atoms with Gasteiger partial charge in [-0.2, -0.15) is 5.10 Å². The number of likely N-dealkylation sites (tertiary alicyclic amines) is 1. The smallest absolute Gasteiger partial charge is 0.311 e. The molecule has 0 spiro atoms. The van der Waals surface area contributed by atoms with Crippen molar-refractivity contribution in [1.82, 2.24) is 14.7 Å². The van der Waals surface area contributed by atoms with Crippen molar-refractivity contribution in [3.63, 3.8) is 0 Å². The summed E-state index contributed by atoms with van der Waals surface area (Å²) in [5.41, 5.74) is -0.971. The largest absolute Gasteiger partial charge is 0.481 e. The molecule has 0 bridgehead atoms. The van der Waals surface area contributed by atoms with E-state index >= 15 is 0 Å². The van der Waals surface area contributed by atoms with Crippen LogP contribution >= 0.6 is 0 Å². The van der Waals surface area contributed by atoms with E-state index in [0.29, 0.717) is 36.7 Å². The number of aliphatic carboxylic acids is 1. The number of fused-ring (bicyclic) bond motifs is 1. The molecule has 1 aromatic carbocycles. The summed E-state index contributed by atoms with van der Waals surface area (Å²) < 4.78 is 1.35.